The van der Waals surface area contributed by atoms with Crippen molar-refractivity contribution in [1.82, 2.24) is 4.72 Å². The monoisotopic (exact) mass is 299 g/mol. The molecule has 0 saturated heterocycles. The molecule has 0 aromatic heterocycles. The Morgan fingerprint density at radius 2 is 2.15 bits per heavy atom. The molecule has 20 heavy (non-hydrogen) atoms. The van der Waals surface area contributed by atoms with Crippen LogP contribution in [0.15, 0.2) is 35.2 Å². The number of hydrogen-bond donors (Lipinski definition) is 2. The third kappa shape index (κ3) is 4.07. The molecule has 0 aliphatic carbocycles. The fourth-order valence-electron chi connectivity index (χ4n) is 1.54. The number of sulfonamides is 1. The fourth-order valence-corrected chi connectivity index (χ4v) is 2.74. The number of benzene rings is 1. The minimum Gasteiger partial charge on any atom is -0.495 e. The summed E-state index contributed by atoms with van der Waals surface area (Å²) in [5, 5.41) is 8.87. The van der Waals surface area contributed by atoms with E-state index < -0.39 is 16.0 Å². The number of allylic oxidation sites excluding steroid dienone is 1. The van der Waals surface area contributed by atoms with Crippen molar-refractivity contribution in [2.75, 3.05) is 13.7 Å². The van der Waals surface area contributed by atoms with Gasteiger partial charge in [-0.2, -0.15) is 0 Å². The molecule has 0 bridgehead atoms. The van der Waals surface area contributed by atoms with Crippen molar-refractivity contribution in [3.05, 3.63) is 35.9 Å². The van der Waals surface area contributed by atoms with E-state index in [1.54, 1.807) is 0 Å². The highest BCUT2D eigenvalue weighted by molar-refractivity contribution is 7.89. The fraction of sp³-hybridized carbons (Fsp3) is 0.308. The van der Waals surface area contributed by atoms with Crippen molar-refractivity contribution in [3.8, 4) is 5.75 Å². The van der Waals surface area contributed by atoms with Crippen molar-refractivity contribution in [2.24, 2.45) is 0 Å². The summed E-state index contributed by atoms with van der Waals surface area (Å²) in [5.41, 5.74) is -0.0327. The van der Waals surface area contributed by atoms with Gasteiger partial charge >= 0.3 is 5.97 Å². The van der Waals surface area contributed by atoms with Gasteiger partial charge in [0.25, 0.3) is 0 Å². The van der Waals surface area contributed by atoms with Gasteiger partial charge in [-0.25, -0.2) is 17.9 Å². The normalized spacial score (nSPS) is 11.7. The van der Waals surface area contributed by atoms with Crippen LogP contribution in [0, 0.1) is 0 Å². The lowest BCUT2D eigenvalue weighted by atomic mass is 10.2. The van der Waals surface area contributed by atoms with E-state index in [4.69, 9.17) is 9.84 Å². The highest BCUT2D eigenvalue weighted by Gasteiger charge is 2.20. The van der Waals surface area contributed by atoms with Gasteiger partial charge in [-0.1, -0.05) is 12.2 Å². The van der Waals surface area contributed by atoms with Crippen molar-refractivity contribution in [1.29, 1.82) is 0 Å². The maximum atomic E-state index is 12.1. The Morgan fingerprint density at radius 1 is 1.45 bits per heavy atom. The maximum Gasteiger partial charge on any atom is 0.335 e. The number of carboxylic acids is 1. The van der Waals surface area contributed by atoms with Crippen LogP contribution in [-0.4, -0.2) is 33.1 Å². The lowest BCUT2D eigenvalue weighted by molar-refractivity contribution is 0.0696. The molecule has 7 heteroatoms. The molecule has 0 atom stereocenters. The topological polar surface area (TPSA) is 92.7 Å². The summed E-state index contributed by atoms with van der Waals surface area (Å²) in [6.07, 6.45) is 4.25. The average Bonchev–Trinajstić information content (AvgIpc) is 2.42. The van der Waals surface area contributed by atoms with Crippen LogP contribution in [0.25, 0.3) is 0 Å². The van der Waals surface area contributed by atoms with E-state index >= 15 is 0 Å². The largest absolute Gasteiger partial charge is 0.495 e. The molecule has 0 radical (unpaired) electrons. The molecule has 1 aromatic rings. The number of methoxy groups -OCH3 is 1. The second kappa shape index (κ2) is 7.06. The molecule has 0 heterocycles. The molecular formula is C13H17NO5S. The number of carbonyl (C=O) groups is 1. The van der Waals surface area contributed by atoms with Gasteiger partial charge in [0.15, 0.2) is 0 Å². The van der Waals surface area contributed by atoms with Crippen LogP contribution in [0.5, 0.6) is 5.75 Å². The molecule has 6 nitrogen and oxygen atoms in total. The molecule has 0 saturated carbocycles. The van der Waals surface area contributed by atoms with Gasteiger partial charge < -0.3 is 9.84 Å². The van der Waals surface area contributed by atoms with Crippen molar-refractivity contribution in [3.63, 3.8) is 0 Å². The Balaban J connectivity index is 3.02. The minimum atomic E-state index is -3.73. The average molecular weight is 299 g/mol. The Kier molecular flexibility index (Phi) is 5.72. The molecule has 0 spiro atoms. The van der Waals surface area contributed by atoms with Gasteiger partial charge in [0.1, 0.15) is 10.6 Å². The van der Waals surface area contributed by atoms with Crippen LogP contribution in [-0.2, 0) is 10.0 Å². The van der Waals surface area contributed by atoms with Crippen LogP contribution < -0.4 is 9.46 Å². The number of hydrogen-bond acceptors (Lipinski definition) is 4. The smallest absolute Gasteiger partial charge is 0.335 e. The van der Waals surface area contributed by atoms with Crippen LogP contribution in [0.2, 0.25) is 0 Å². The van der Waals surface area contributed by atoms with E-state index in [9.17, 15) is 13.2 Å². The predicted octanol–water partition coefficient (Wildman–Crippen LogP) is 1.64. The summed E-state index contributed by atoms with van der Waals surface area (Å²) in [4.78, 5) is 10.8. The zero-order valence-electron chi connectivity index (χ0n) is 11.3. The lowest BCUT2D eigenvalue weighted by Crippen LogP contribution is -2.25. The number of aromatic carboxylic acids is 1. The van der Waals surface area contributed by atoms with E-state index in [0.717, 1.165) is 0 Å². The number of rotatable bonds is 7. The van der Waals surface area contributed by atoms with Crippen LogP contribution in [0.4, 0.5) is 0 Å². The van der Waals surface area contributed by atoms with Crippen molar-refractivity contribution < 1.29 is 23.1 Å². The second-order valence-corrected chi connectivity index (χ2v) is 5.66. The number of ether oxygens (including phenoxy) is 1. The standard InChI is InChI=1S/C13H17NO5S/c1-3-4-5-8-14-20(17,18)12-7-6-10(13(15)16)9-11(12)19-2/h3-4,6-7,9,14H,5,8H2,1-2H3,(H,15,16)/b4-3+. The van der Waals surface area contributed by atoms with Gasteiger partial charge in [-0.3, -0.25) is 0 Å². The number of carboxylic acid groups (broad SMARTS) is 1. The van der Waals surface area contributed by atoms with E-state index in [1.165, 1.54) is 25.3 Å². The lowest BCUT2D eigenvalue weighted by Gasteiger charge is -2.10. The van der Waals surface area contributed by atoms with Crippen molar-refractivity contribution >= 4 is 16.0 Å². The Bertz CT molecular complexity index is 607. The summed E-state index contributed by atoms with van der Waals surface area (Å²) in [6.45, 7) is 2.11. The molecule has 0 amide bonds. The Morgan fingerprint density at radius 3 is 2.70 bits per heavy atom. The first kappa shape index (κ1) is 16.2. The quantitative estimate of drug-likeness (QED) is 0.590. The summed E-state index contributed by atoms with van der Waals surface area (Å²) < 4.78 is 31.6. The minimum absolute atomic E-state index is 0.00318. The van der Waals surface area contributed by atoms with Crippen LogP contribution in [0.1, 0.15) is 23.7 Å². The highest BCUT2D eigenvalue weighted by atomic mass is 32.2. The Hall–Kier alpha value is -1.86. The third-order valence-corrected chi connectivity index (χ3v) is 4.04. The predicted molar refractivity (Wildman–Crippen MR) is 74.6 cm³/mol. The van der Waals surface area contributed by atoms with Crippen LogP contribution >= 0.6 is 0 Å². The molecule has 1 aromatic carbocycles. The zero-order chi connectivity index (χ0) is 15.2. The molecule has 110 valence electrons. The van der Waals surface area contributed by atoms with E-state index in [2.05, 4.69) is 4.72 Å². The summed E-state index contributed by atoms with van der Waals surface area (Å²) >= 11 is 0. The first-order valence-electron chi connectivity index (χ1n) is 5.94. The number of nitrogens with one attached hydrogen (secondary N) is 1. The Labute approximate surface area is 118 Å². The van der Waals surface area contributed by atoms with E-state index in [-0.39, 0.29) is 22.8 Å². The molecule has 0 aliphatic heterocycles. The van der Waals surface area contributed by atoms with E-state index in [0.29, 0.717) is 6.42 Å². The zero-order valence-corrected chi connectivity index (χ0v) is 12.1. The van der Waals surface area contributed by atoms with Gasteiger partial charge in [0.2, 0.25) is 10.0 Å². The molecule has 1 rings (SSSR count). The SMILES string of the molecule is C/C=C/CCNS(=O)(=O)c1ccc(C(=O)O)cc1OC. The van der Waals surface area contributed by atoms with E-state index in [1.807, 2.05) is 19.1 Å². The first-order chi connectivity index (χ1) is 9.42. The first-order valence-corrected chi connectivity index (χ1v) is 7.43. The molecular weight excluding hydrogens is 282 g/mol. The molecule has 0 aliphatic rings. The van der Waals surface area contributed by atoms with Crippen LogP contribution in [0.3, 0.4) is 0 Å². The molecule has 0 fully saturated rings. The molecule has 2 N–H and O–H groups in total. The summed E-state index contributed by atoms with van der Waals surface area (Å²) in [5.74, 6) is -1.14. The van der Waals surface area contributed by atoms with Gasteiger partial charge in [-0.15, -0.1) is 0 Å². The highest BCUT2D eigenvalue weighted by Crippen LogP contribution is 2.24. The van der Waals surface area contributed by atoms with Gasteiger partial charge in [0.05, 0.1) is 12.7 Å². The summed E-state index contributed by atoms with van der Waals surface area (Å²) in [7, 11) is -2.44. The second-order valence-electron chi connectivity index (χ2n) is 3.93. The third-order valence-electron chi connectivity index (χ3n) is 2.54. The van der Waals surface area contributed by atoms with Gasteiger partial charge in [0, 0.05) is 6.54 Å². The summed E-state index contributed by atoms with van der Waals surface area (Å²) in [6, 6.07) is 3.63. The maximum absolute atomic E-state index is 12.1. The van der Waals surface area contributed by atoms with Gasteiger partial charge in [-0.05, 0) is 31.5 Å². The molecule has 0 unspecified atom stereocenters. The van der Waals surface area contributed by atoms with Crippen molar-refractivity contribution in [2.45, 2.75) is 18.2 Å².